The molecule has 14 heavy (non-hydrogen) atoms. The van der Waals surface area contributed by atoms with Crippen molar-refractivity contribution < 1.29 is 4.74 Å². The van der Waals surface area contributed by atoms with Crippen molar-refractivity contribution in [2.75, 3.05) is 20.3 Å². The van der Waals surface area contributed by atoms with Crippen LogP contribution in [0, 0.1) is 11.8 Å². The van der Waals surface area contributed by atoms with Crippen molar-refractivity contribution in [1.29, 1.82) is 0 Å². The molecule has 0 aromatic heterocycles. The van der Waals surface area contributed by atoms with Crippen LogP contribution in [-0.2, 0) is 4.74 Å². The van der Waals surface area contributed by atoms with E-state index in [4.69, 9.17) is 4.74 Å². The smallest absolute Gasteiger partial charge is 0.0464 e. The molecule has 2 heteroatoms. The van der Waals surface area contributed by atoms with Crippen molar-refractivity contribution in [3.05, 3.63) is 0 Å². The molecule has 0 spiro atoms. The maximum absolute atomic E-state index is 5.11. The number of methoxy groups -OCH3 is 1. The SMILES string of the molecule is CCC(CNC(C)C)C(C)CCOC. The van der Waals surface area contributed by atoms with E-state index in [1.807, 2.05) is 0 Å². The fourth-order valence-corrected chi connectivity index (χ4v) is 1.67. The van der Waals surface area contributed by atoms with Gasteiger partial charge in [0.1, 0.15) is 0 Å². The Bertz CT molecular complexity index is 125. The van der Waals surface area contributed by atoms with Crippen LogP contribution < -0.4 is 5.32 Å². The predicted octanol–water partition coefficient (Wildman–Crippen LogP) is 2.68. The van der Waals surface area contributed by atoms with Crippen LogP contribution in [0.25, 0.3) is 0 Å². The number of hydrogen-bond acceptors (Lipinski definition) is 2. The molecule has 0 bridgehead atoms. The Morgan fingerprint density at radius 1 is 1.21 bits per heavy atom. The van der Waals surface area contributed by atoms with Gasteiger partial charge in [0.25, 0.3) is 0 Å². The van der Waals surface area contributed by atoms with Crippen molar-refractivity contribution in [2.24, 2.45) is 11.8 Å². The first-order valence-corrected chi connectivity index (χ1v) is 5.84. The second kappa shape index (κ2) is 8.25. The van der Waals surface area contributed by atoms with E-state index in [2.05, 4.69) is 33.0 Å². The van der Waals surface area contributed by atoms with Gasteiger partial charge in [-0.15, -0.1) is 0 Å². The molecule has 0 aliphatic rings. The quantitative estimate of drug-likeness (QED) is 0.652. The Balaban J connectivity index is 3.74. The summed E-state index contributed by atoms with van der Waals surface area (Å²) in [5.74, 6) is 1.54. The van der Waals surface area contributed by atoms with Crippen LogP contribution in [0.2, 0.25) is 0 Å². The highest BCUT2D eigenvalue weighted by atomic mass is 16.5. The second-order valence-corrected chi connectivity index (χ2v) is 4.49. The molecule has 0 radical (unpaired) electrons. The van der Waals surface area contributed by atoms with Crippen LogP contribution in [0.15, 0.2) is 0 Å². The van der Waals surface area contributed by atoms with Crippen molar-refractivity contribution in [2.45, 2.75) is 46.6 Å². The number of hydrogen-bond donors (Lipinski definition) is 1. The van der Waals surface area contributed by atoms with Crippen molar-refractivity contribution in [3.8, 4) is 0 Å². The summed E-state index contributed by atoms with van der Waals surface area (Å²) in [4.78, 5) is 0. The average molecular weight is 201 g/mol. The summed E-state index contributed by atoms with van der Waals surface area (Å²) in [5, 5.41) is 3.51. The maximum Gasteiger partial charge on any atom is 0.0464 e. The number of rotatable bonds is 8. The highest BCUT2D eigenvalue weighted by Crippen LogP contribution is 2.18. The van der Waals surface area contributed by atoms with Crippen molar-refractivity contribution >= 4 is 0 Å². The van der Waals surface area contributed by atoms with Crippen molar-refractivity contribution in [3.63, 3.8) is 0 Å². The van der Waals surface area contributed by atoms with Gasteiger partial charge in [-0.2, -0.15) is 0 Å². The van der Waals surface area contributed by atoms with Gasteiger partial charge in [-0.1, -0.05) is 34.1 Å². The Morgan fingerprint density at radius 3 is 2.29 bits per heavy atom. The van der Waals surface area contributed by atoms with Gasteiger partial charge >= 0.3 is 0 Å². The third kappa shape index (κ3) is 6.39. The Hall–Kier alpha value is -0.0800. The third-order valence-corrected chi connectivity index (χ3v) is 2.89. The number of ether oxygens (including phenoxy) is 1. The van der Waals surface area contributed by atoms with E-state index >= 15 is 0 Å². The number of nitrogens with one attached hydrogen (secondary N) is 1. The lowest BCUT2D eigenvalue weighted by atomic mass is 9.89. The molecule has 2 atom stereocenters. The van der Waals surface area contributed by atoms with Gasteiger partial charge in [-0.25, -0.2) is 0 Å². The summed E-state index contributed by atoms with van der Waals surface area (Å²) < 4.78 is 5.11. The monoisotopic (exact) mass is 201 g/mol. The molecule has 0 aromatic rings. The molecule has 0 rings (SSSR count). The van der Waals surface area contributed by atoms with E-state index in [0.29, 0.717) is 6.04 Å². The molecule has 0 heterocycles. The Labute approximate surface area is 89.4 Å². The first-order chi connectivity index (χ1) is 6.61. The molecule has 2 unspecified atom stereocenters. The summed E-state index contributed by atoms with van der Waals surface area (Å²) in [5.41, 5.74) is 0. The van der Waals surface area contributed by atoms with Crippen LogP contribution >= 0.6 is 0 Å². The molecule has 1 N–H and O–H groups in total. The van der Waals surface area contributed by atoms with Crippen LogP contribution in [-0.4, -0.2) is 26.3 Å². The van der Waals surface area contributed by atoms with Crippen LogP contribution in [0.4, 0.5) is 0 Å². The lowest BCUT2D eigenvalue weighted by molar-refractivity contribution is 0.162. The van der Waals surface area contributed by atoms with Gasteiger partial charge in [-0.3, -0.25) is 0 Å². The average Bonchev–Trinajstić information content (AvgIpc) is 2.15. The minimum atomic E-state index is 0.596. The molecular weight excluding hydrogens is 174 g/mol. The minimum absolute atomic E-state index is 0.596. The van der Waals surface area contributed by atoms with Gasteiger partial charge in [0.05, 0.1) is 0 Å². The van der Waals surface area contributed by atoms with Gasteiger partial charge in [0.15, 0.2) is 0 Å². The molecule has 0 aromatic carbocycles. The minimum Gasteiger partial charge on any atom is -0.385 e. The van der Waals surface area contributed by atoms with E-state index in [0.717, 1.165) is 25.0 Å². The molecule has 0 saturated heterocycles. The molecule has 0 saturated carbocycles. The van der Waals surface area contributed by atoms with E-state index in [9.17, 15) is 0 Å². The first-order valence-electron chi connectivity index (χ1n) is 5.84. The van der Waals surface area contributed by atoms with Crippen LogP contribution in [0.3, 0.4) is 0 Å². The lowest BCUT2D eigenvalue weighted by Gasteiger charge is -2.24. The van der Waals surface area contributed by atoms with E-state index in [1.165, 1.54) is 12.8 Å². The van der Waals surface area contributed by atoms with Crippen LogP contribution in [0.1, 0.15) is 40.5 Å². The van der Waals surface area contributed by atoms with E-state index < -0.39 is 0 Å². The summed E-state index contributed by atoms with van der Waals surface area (Å²) in [6.45, 7) is 11.0. The summed E-state index contributed by atoms with van der Waals surface area (Å²) in [6.07, 6.45) is 2.43. The molecule has 86 valence electrons. The predicted molar refractivity (Wildman–Crippen MR) is 62.6 cm³/mol. The molecule has 0 aliphatic heterocycles. The zero-order valence-electron chi connectivity index (χ0n) is 10.5. The van der Waals surface area contributed by atoms with Crippen molar-refractivity contribution in [1.82, 2.24) is 5.32 Å². The Kier molecular flexibility index (Phi) is 8.20. The largest absolute Gasteiger partial charge is 0.385 e. The van der Waals surface area contributed by atoms with Gasteiger partial charge in [0, 0.05) is 19.8 Å². The first kappa shape index (κ1) is 13.9. The molecule has 0 amide bonds. The molecule has 0 aliphatic carbocycles. The normalized spacial score (nSPS) is 15.9. The molecule has 2 nitrogen and oxygen atoms in total. The van der Waals surface area contributed by atoms with E-state index in [-0.39, 0.29) is 0 Å². The highest BCUT2D eigenvalue weighted by Gasteiger charge is 2.14. The standard InChI is InChI=1S/C12H27NO/c1-6-12(9-13-10(2)3)11(4)7-8-14-5/h10-13H,6-9H2,1-5H3. The van der Waals surface area contributed by atoms with Gasteiger partial charge in [0.2, 0.25) is 0 Å². The highest BCUT2D eigenvalue weighted by molar-refractivity contribution is 4.69. The summed E-state index contributed by atoms with van der Waals surface area (Å²) in [6, 6.07) is 0.596. The van der Waals surface area contributed by atoms with Gasteiger partial charge < -0.3 is 10.1 Å². The maximum atomic E-state index is 5.11. The van der Waals surface area contributed by atoms with Crippen LogP contribution in [0.5, 0.6) is 0 Å². The molecular formula is C12H27NO. The summed E-state index contributed by atoms with van der Waals surface area (Å²) >= 11 is 0. The lowest BCUT2D eigenvalue weighted by Crippen LogP contribution is -2.31. The zero-order valence-corrected chi connectivity index (χ0v) is 10.5. The fraction of sp³-hybridized carbons (Fsp3) is 1.00. The third-order valence-electron chi connectivity index (χ3n) is 2.89. The van der Waals surface area contributed by atoms with Gasteiger partial charge in [-0.05, 0) is 24.8 Å². The zero-order chi connectivity index (χ0) is 11.0. The molecule has 0 fully saturated rings. The summed E-state index contributed by atoms with van der Waals surface area (Å²) in [7, 11) is 1.78. The fourth-order valence-electron chi connectivity index (χ4n) is 1.67. The Morgan fingerprint density at radius 2 is 1.86 bits per heavy atom. The second-order valence-electron chi connectivity index (χ2n) is 4.49. The topological polar surface area (TPSA) is 21.3 Å². The van der Waals surface area contributed by atoms with E-state index in [1.54, 1.807) is 7.11 Å².